The quantitative estimate of drug-likeness (QED) is 0.265. The lowest BCUT2D eigenvalue weighted by Gasteiger charge is -2.14. The topological polar surface area (TPSA) is 90.4 Å². The summed E-state index contributed by atoms with van der Waals surface area (Å²) in [6, 6.07) is 13.3. The maximum Gasteiger partial charge on any atom is 0.416 e. The average Bonchev–Trinajstić information content (AvgIpc) is 2.87. The van der Waals surface area contributed by atoms with Crippen molar-refractivity contribution < 1.29 is 35.5 Å². The highest BCUT2D eigenvalue weighted by Gasteiger charge is 2.30. The molecule has 0 aliphatic rings. The summed E-state index contributed by atoms with van der Waals surface area (Å²) in [5.74, 6) is -0.475. The third-order valence-corrected chi connectivity index (χ3v) is 5.77. The Bertz CT molecular complexity index is 1530. The molecule has 0 unspecified atom stereocenters. The van der Waals surface area contributed by atoms with E-state index in [0.29, 0.717) is 0 Å². The third-order valence-electron chi connectivity index (χ3n) is 5.18. The van der Waals surface area contributed by atoms with Crippen molar-refractivity contribution >= 4 is 15.7 Å². The molecule has 2 aromatic carbocycles. The molecule has 4 rings (SSSR count). The second-order valence-corrected chi connectivity index (χ2v) is 9.97. The molecule has 0 saturated carbocycles. The van der Waals surface area contributed by atoms with E-state index >= 15 is 0 Å². The van der Waals surface area contributed by atoms with Gasteiger partial charge in [0.05, 0.1) is 11.8 Å². The van der Waals surface area contributed by atoms with Crippen molar-refractivity contribution in [2.24, 2.45) is 0 Å². The number of benzene rings is 2. The fraction of sp³-hybridized carbons (Fsp3) is 0.154. The van der Waals surface area contributed by atoms with E-state index in [0.717, 1.165) is 30.0 Å². The Labute approximate surface area is 216 Å². The van der Waals surface area contributed by atoms with Gasteiger partial charge in [-0.2, -0.15) is 13.2 Å². The van der Waals surface area contributed by atoms with Gasteiger partial charge < -0.3 is 9.47 Å². The summed E-state index contributed by atoms with van der Waals surface area (Å²) in [6.07, 6.45) is 0.933. The van der Waals surface area contributed by atoms with Crippen LogP contribution in [0.1, 0.15) is 16.7 Å². The molecule has 0 aliphatic carbocycles. The lowest BCUT2D eigenvalue weighted by atomic mass is 10.1. The van der Waals surface area contributed by atoms with Gasteiger partial charge in [-0.3, -0.25) is 9.71 Å². The number of sulfonamides is 1. The van der Waals surface area contributed by atoms with Crippen LogP contribution in [0.2, 0.25) is 0 Å². The van der Waals surface area contributed by atoms with Gasteiger partial charge >= 0.3 is 6.18 Å². The molecule has 0 bridgehead atoms. The van der Waals surface area contributed by atoms with Crippen LogP contribution in [-0.2, 0) is 29.4 Å². The molecule has 38 heavy (non-hydrogen) atoms. The highest BCUT2D eigenvalue weighted by Crippen LogP contribution is 2.33. The van der Waals surface area contributed by atoms with Gasteiger partial charge in [-0.1, -0.05) is 12.1 Å². The highest BCUT2D eigenvalue weighted by atomic mass is 32.2. The van der Waals surface area contributed by atoms with E-state index in [4.69, 9.17) is 9.47 Å². The molecule has 2 heterocycles. The number of hydrogen-bond donors (Lipinski definition) is 1. The van der Waals surface area contributed by atoms with Gasteiger partial charge in [0.2, 0.25) is 15.9 Å². The summed E-state index contributed by atoms with van der Waals surface area (Å²) in [5, 5.41) is 0. The van der Waals surface area contributed by atoms with Crippen LogP contribution in [-0.4, -0.2) is 24.6 Å². The molecule has 2 aromatic heterocycles. The molecule has 4 aromatic rings. The third kappa shape index (κ3) is 7.19. The van der Waals surface area contributed by atoms with E-state index in [1.54, 1.807) is 24.5 Å². The van der Waals surface area contributed by atoms with Crippen LogP contribution >= 0.6 is 0 Å². The van der Waals surface area contributed by atoms with Gasteiger partial charge in [-0.05, 0) is 59.7 Å². The van der Waals surface area contributed by atoms with Crippen LogP contribution in [0.4, 0.5) is 23.2 Å². The zero-order valence-electron chi connectivity index (χ0n) is 19.9. The SMILES string of the molecule is CS(=O)(=O)Nc1cc(-c2cc(OCc3cccc(C(F)(F)F)c3)ccc2F)cnc1OCc1ccncc1. The van der Waals surface area contributed by atoms with Gasteiger partial charge in [0, 0.05) is 29.7 Å². The molecular weight excluding hydrogens is 526 g/mol. The standard InChI is InChI=1S/C26H21F4N3O4S/c1-38(34,35)33-24-12-19(14-32-25(24)37-15-17-7-9-31-10-8-17)22-13-21(5-6-23(22)27)36-16-18-3-2-4-20(11-18)26(28,29)30/h2-14,33H,15-16H2,1H3. The van der Waals surface area contributed by atoms with Crippen LogP contribution in [0.15, 0.2) is 79.3 Å². The minimum atomic E-state index is -4.49. The van der Waals surface area contributed by atoms with Gasteiger partial charge in [0.1, 0.15) is 30.5 Å². The number of halogens is 4. The number of ether oxygens (including phenoxy) is 2. The number of anilines is 1. The number of nitrogens with zero attached hydrogens (tertiary/aromatic N) is 2. The Morgan fingerprint density at radius 3 is 2.37 bits per heavy atom. The number of aromatic nitrogens is 2. The molecule has 198 valence electrons. The molecule has 12 heteroatoms. The Kier molecular flexibility index (Phi) is 7.81. The van der Waals surface area contributed by atoms with Crippen molar-refractivity contribution in [3.05, 3.63) is 102 Å². The summed E-state index contributed by atoms with van der Waals surface area (Å²) < 4.78 is 91.1. The van der Waals surface area contributed by atoms with Gasteiger partial charge in [-0.25, -0.2) is 17.8 Å². The van der Waals surface area contributed by atoms with Gasteiger partial charge in [0.15, 0.2) is 0 Å². The van der Waals surface area contributed by atoms with Crippen molar-refractivity contribution in [2.75, 3.05) is 11.0 Å². The Morgan fingerprint density at radius 1 is 0.921 bits per heavy atom. The minimum absolute atomic E-state index is 0.00579. The predicted octanol–water partition coefficient (Wildman–Crippen LogP) is 5.83. The fourth-order valence-corrected chi connectivity index (χ4v) is 3.98. The highest BCUT2D eigenvalue weighted by molar-refractivity contribution is 7.92. The van der Waals surface area contributed by atoms with Gasteiger partial charge in [-0.15, -0.1) is 0 Å². The lowest BCUT2D eigenvalue weighted by Crippen LogP contribution is -2.12. The van der Waals surface area contributed by atoms with E-state index in [1.165, 1.54) is 36.5 Å². The molecule has 0 spiro atoms. The summed E-state index contributed by atoms with van der Waals surface area (Å²) in [4.78, 5) is 8.09. The van der Waals surface area contributed by atoms with E-state index < -0.39 is 27.6 Å². The summed E-state index contributed by atoms with van der Waals surface area (Å²) in [5.41, 5.74) is 0.497. The number of pyridine rings is 2. The molecule has 0 fully saturated rings. The van der Waals surface area contributed by atoms with E-state index in [2.05, 4.69) is 14.7 Å². The van der Waals surface area contributed by atoms with E-state index in [9.17, 15) is 26.0 Å². The number of rotatable bonds is 9. The molecule has 1 N–H and O–H groups in total. The summed E-state index contributed by atoms with van der Waals surface area (Å²) in [6.45, 7) is -0.101. The molecular formula is C26H21F4N3O4S. The molecule has 0 amide bonds. The monoisotopic (exact) mass is 547 g/mol. The number of hydrogen-bond acceptors (Lipinski definition) is 6. The van der Waals surface area contributed by atoms with Crippen molar-refractivity contribution in [3.8, 4) is 22.8 Å². The number of alkyl halides is 3. The first kappa shape index (κ1) is 26.9. The van der Waals surface area contributed by atoms with Crippen molar-refractivity contribution in [2.45, 2.75) is 19.4 Å². The van der Waals surface area contributed by atoms with E-state index in [-0.39, 0.29) is 47.2 Å². The molecule has 0 saturated heterocycles. The maximum atomic E-state index is 14.8. The first-order chi connectivity index (χ1) is 18.0. The molecule has 0 atom stereocenters. The van der Waals surface area contributed by atoms with Crippen LogP contribution in [0.5, 0.6) is 11.6 Å². The summed E-state index contributed by atoms with van der Waals surface area (Å²) in [7, 11) is -3.73. The van der Waals surface area contributed by atoms with E-state index in [1.807, 2.05) is 0 Å². The average molecular weight is 548 g/mol. The number of nitrogens with one attached hydrogen (secondary N) is 1. The Hall–Kier alpha value is -4.19. The van der Waals surface area contributed by atoms with Crippen LogP contribution in [0.25, 0.3) is 11.1 Å². The zero-order chi connectivity index (χ0) is 27.3. The van der Waals surface area contributed by atoms with Crippen LogP contribution < -0.4 is 14.2 Å². The molecule has 7 nitrogen and oxygen atoms in total. The van der Waals surface area contributed by atoms with Crippen molar-refractivity contribution in [1.29, 1.82) is 0 Å². The Morgan fingerprint density at radius 2 is 1.66 bits per heavy atom. The van der Waals surface area contributed by atoms with Gasteiger partial charge in [0.25, 0.3) is 0 Å². The second kappa shape index (κ2) is 11.1. The molecule has 0 aliphatic heterocycles. The zero-order valence-corrected chi connectivity index (χ0v) is 20.7. The predicted molar refractivity (Wildman–Crippen MR) is 132 cm³/mol. The first-order valence-corrected chi connectivity index (χ1v) is 13.0. The van der Waals surface area contributed by atoms with Crippen LogP contribution in [0, 0.1) is 5.82 Å². The smallest absolute Gasteiger partial charge is 0.416 e. The van der Waals surface area contributed by atoms with Crippen molar-refractivity contribution in [3.63, 3.8) is 0 Å². The largest absolute Gasteiger partial charge is 0.489 e. The Balaban J connectivity index is 1.58. The summed E-state index contributed by atoms with van der Waals surface area (Å²) >= 11 is 0. The maximum absolute atomic E-state index is 14.8. The fourth-order valence-electron chi connectivity index (χ4n) is 3.44. The molecule has 0 radical (unpaired) electrons. The second-order valence-electron chi connectivity index (χ2n) is 8.22. The van der Waals surface area contributed by atoms with Crippen molar-refractivity contribution in [1.82, 2.24) is 9.97 Å². The van der Waals surface area contributed by atoms with Crippen LogP contribution in [0.3, 0.4) is 0 Å². The normalized spacial score (nSPS) is 11.7. The lowest BCUT2D eigenvalue weighted by molar-refractivity contribution is -0.137. The minimum Gasteiger partial charge on any atom is -0.489 e. The first-order valence-electron chi connectivity index (χ1n) is 11.1.